The highest BCUT2D eigenvalue weighted by Crippen LogP contribution is 2.33. The first-order chi connectivity index (χ1) is 10.9. The monoisotopic (exact) mass is 374 g/mol. The number of aromatic nitrogens is 2. The molecule has 3 N–H and O–H groups in total. The number of anilines is 2. The lowest BCUT2D eigenvalue weighted by molar-refractivity contribution is -0.671. The topological polar surface area (TPSA) is 96.5 Å². The third-order valence-electron chi connectivity index (χ3n) is 2.93. The fraction of sp³-hybridized carbons (Fsp3) is 0.214. The minimum absolute atomic E-state index is 0. The van der Waals surface area contributed by atoms with E-state index in [-0.39, 0.29) is 47.0 Å². The van der Waals surface area contributed by atoms with Gasteiger partial charge in [0.1, 0.15) is 18.1 Å². The number of phenolic OH excluding ortho intramolecular Hbond substituents is 1. The van der Waals surface area contributed by atoms with E-state index in [0.29, 0.717) is 0 Å². The molecule has 24 heavy (non-hydrogen) atoms. The van der Waals surface area contributed by atoms with E-state index in [1.807, 2.05) is 7.05 Å². The van der Waals surface area contributed by atoms with Crippen molar-refractivity contribution >= 4 is 35.0 Å². The number of nitrogens with one attached hydrogen (secondary N) is 2. The summed E-state index contributed by atoms with van der Waals surface area (Å²) in [6.07, 6.45) is 4.57. The van der Waals surface area contributed by atoms with E-state index in [4.69, 9.17) is 11.6 Å². The number of halogens is 2. The molecule has 0 atom stereocenters. The Morgan fingerprint density at radius 2 is 2.04 bits per heavy atom. The summed E-state index contributed by atoms with van der Waals surface area (Å²) < 4.78 is 7.93. The van der Waals surface area contributed by atoms with Gasteiger partial charge in [-0.1, -0.05) is 11.6 Å². The molecule has 2 rings (SSSR count). The van der Waals surface area contributed by atoms with Crippen LogP contribution >= 0.6 is 11.6 Å². The van der Waals surface area contributed by atoms with Crippen LogP contribution in [-0.2, 0) is 23.1 Å². The first-order valence-electron chi connectivity index (χ1n) is 6.57. The quantitative estimate of drug-likeness (QED) is 0.447. The molecule has 0 spiro atoms. The largest absolute Gasteiger partial charge is 1.00 e. The molecule has 1 aromatic carbocycles. The SMILES string of the molecule is COC(=O)Nc1cc(O)c(NC(=O)Cn2cc[n+](C)c2)cc1Cl.[Cl-]. The Hall–Kier alpha value is -2.45. The number of nitrogens with zero attached hydrogens (tertiary/aromatic N) is 2. The average molecular weight is 375 g/mol. The van der Waals surface area contributed by atoms with Gasteiger partial charge in [-0.2, -0.15) is 0 Å². The average Bonchev–Trinajstić information content (AvgIpc) is 2.89. The zero-order chi connectivity index (χ0) is 17.0. The van der Waals surface area contributed by atoms with Crippen LogP contribution < -0.4 is 27.6 Å². The summed E-state index contributed by atoms with van der Waals surface area (Å²) in [6.45, 7) is 0.0834. The van der Waals surface area contributed by atoms with Crippen molar-refractivity contribution < 1.29 is 36.4 Å². The predicted octanol–water partition coefficient (Wildman–Crippen LogP) is -1.51. The van der Waals surface area contributed by atoms with Crippen molar-refractivity contribution in [3.8, 4) is 5.75 Å². The molecule has 0 saturated heterocycles. The van der Waals surface area contributed by atoms with Crippen molar-refractivity contribution in [3.63, 3.8) is 0 Å². The molecule has 2 amide bonds. The number of aromatic hydroxyl groups is 1. The van der Waals surface area contributed by atoms with Crippen molar-refractivity contribution in [3.05, 3.63) is 35.9 Å². The van der Waals surface area contributed by atoms with Crippen molar-refractivity contribution in [2.45, 2.75) is 6.54 Å². The lowest BCUT2D eigenvalue weighted by Crippen LogP contribution is -3.00. The van der Waals surface area contributed by atoms with Crippen LogP contribution in [0.1, 0.15) is 0 Å². The number of rotatable bonds is 4. The van der Waals surface area contributed by atoms with Gasteiger partial charge in [0, 0.05) is 6.07 Å². The maximum Gasteiger partial charge on any atom is 0.411 e. The summed E-state index contributed by atoms with van der Waals surface area (Å²) in [5, 5.41) is 15.0. The summed E-state index contributed by atoms with van der Waals surface area (Å²) in [7, 11) is 3.05. The molecule has 0 fully saturated rings. The van der Waals surface area contributed by atoms with Crippen molar-refractivity contribution in [1.82, 2.24) is 4.57 Å². The highest BCUT2D eigenvalue weighted by Gasteiger charge is 2.14. The standard InChI is InChI=1S/C14H15ClN4O4.ClH/c1-18-3-4-19(8-18)7-13(21)16-11-5-9(15)10(6-12(11)20)17-14(22)23-2;/h3-6,8H,7H2,1-2H3,(H2-,16,17,20,21,22);1H. The Morgan fingerprint density at radius 3 is 2.62 bits per heavy atom. The minimum Gasteiger partial charge on any atom is -1.00 e. The number of carbonyl (C=O) groups is 2. The molecule has 0 aliphatic carbocycles. The molecular weight excluding hydrogens is 359 g/mol. The van der Waals surface area contributed by atoms with Gasteiger partial charge < -0.3 is 27.6 Å². The second-order valence-electron chi connectivity index (χ2n) is 4.77. The van der Waals surface area contributed by atoms with Gasteiger partial charge in [-0.25, -0.2) is 13.9 Å². The molecule has 10 heteroatoms. The van der Waals surface area contributed by atoms with Crippen molar-refractivity contribution in [1.29, 1.82) is 0 Å². The van der Waals surface area contributed by atoms with Crippen LogP contribution in [0.2, 0.25) is 5.02 Å². The van der Waals surface area contributed by atoms with Gasteiger partial charge in [-0.05, 0) is 6.07 Å². The van der Waals surface area contributed by atoms with Crippen LogP contribution in [0.25, 0.3) is 0 Å². The third kappa shape index (κ3) is 5.04. The Labute approximate surface area is 149 Å². The predicted molar refractivity (Wildman–Crippen MR) is 83.4 cm³/mol. The van der Waals surface area contributed by atoms with Gasteiger partial charge in [-0.3, -0.25) is 10.1 Å². The van der Waals surface area contributed by atoms with Gasteiger partial charge in [0.2, 0.25) is 6.33 Å². The smallest absolute Gasteiger partial charge is 0.411 e. The molecule has 1 heterocycles. The lowest BCUT2D eigenvalue weighted by Gasteiger charge is -2.11. The van der Waals surface area contributed by atoms with Gasteiger partial charge in [0.25, 0.3) is 5.91 Å². The van der Waals surface area contributed by atoms with Crippen LogP contribution in [0, 0.1) is 0 Å². The number of amides is 2. The van der Waals surface area contributed by atoms with Crippen LogP contribution in [0.4, 0.5) is 16.2 Å². The summed E-state index contributed by atoms with van der Waals surface area (Å²) >= 11 is 6.01. The molecule has 8 nitrogen and oxygen atoms in total. The number of imidazole rings is 1. The zero-order valence-electron chi connectivity index (χ0n) is 12.9. The van der Waals surface area contributed by atoms with E-state index in [1.54, 1.807) is 27.9 Å². The summed E-state index contributed by atoms with van der Waals surface area (Å²) in [5.41, 5.74) is 0.318. The Bertz CT molecular complexity index is 748. The molecule has 0 radical (unpaired) electrons. The highest BCUT2D eigenvalue weighted by atomic mass is 35.5. The number of benzene rings is 1. The number of hydrogen-bond acceptors (Lipinski definition) is 4. The molecule has 0 bridgehead atoms. The minimum atomic E-state index is -0.719. The molecule has 0 aliphatic heterocycles. The van der Waals surface area contributed by atoms with Crippen LogP contribution in [0.15, 0.2) is 30.9 Å². The summed E-state index contributed by atoms with van der Waals surface area (Å²) in [4.78, 5) is 23.1. The Balaban J connectivity index is 0.00000288. The van der Waals surface area contributed by atoms with Crippen LogP contribution in [0.3, 0.4) is 0 Å². The number of carbonyl (C=O) groups excluding carboxylic acids is 2. The van der Waals surface area contributed by atoms with E-state index >= 15 is 0 Å². The number of hydrogen-bond donors (Lipinski definition) is 3. The van der Waals surface area contributed by atoms with E-state index in [1.165, 1.54) is 19.2 Å². The molecule has 1 aromatic heterocycles. The number of ether oxygens (including phenoxy) is 1. The van der Waals surface area contributed by atoms with E-state index in [9.17, 15) is 14.7 Å². The first kappa shape index (κ1) is 19.6. The number of phenols is 1. The summed E-state index contributed by atoms with van der Waals surface area (Å²) in [5.74, 6) is -0.562. The fourth-order valence-corrected chi connectivity index (χ4v) is 2.08. The van der Waals surface area contributed by atoms with E-state index in [0.717, 1.165) is 0 Å². The van der Waals surface area contributed by atoms with E-state index < -0.39 is 6.09 Å². The molecule has 2 aromatic rings. The van der Waals surface area contributed by atoms with Crippen LogP contribution in [-0.4, -0.2) is 28.8 Å². The summed E-state index contributed by atoms with van der Waals surface area (Å²) in [6, 6.07) is 2.57. The normalized spacial score (nSPS) is 9.79. The maximum absolute atomic E-state index is 12.0. The first-order valence-corrected chi connectivity index (χ1v) is 6.95. The number of methoxy groups -OCH3 is 1. The van der Waals surface area contributed by atoms with E-state index in [2.05, 4.69) is 15.4 Å². The van der Waals surface area contributed by atoms with Crippen molar-refractivity contribution in [2.24, 2.45) is 7.05 Å². The molecule has 0 unspecified atom stereocenters. The van der Waals surface area contributed by atoms with Gasteiger partial charge in [0.05, 0.1) is 30.6 Å². The van der Waals surface area contributed by atoms with Gasteiger partial charge in [0.15, 0.2) is 6.54 Å². The molecular formula is C14H16Cl2N4O4. The Kier molecular flexibility index (Phi) is 6.87. The lowest BCUT2D eigenvalue weighted by atomic mass is 10.2. The molecule has 0 aliphatic rings. The second kappa shape index (κ2) is 8.42. The third-order valence-corrected chi connectivity index (χ3v) is 3.24. The second-order valence-corrected chi connectivity index (χ2v) is 5.17. The maximum atomic E-state index is 12.0. The fourth-order valence-electron chi connectivity index (χ4n) is 1.87. The highest BCUT2D eigenvalue weighted by molar-refractivity contribution is 6.34. The molecule has 130 valence electrons. The van der Waals surface area contributed by atoms with Gasteiger partial charge in [-0.15, -0.1) is 0 Å². The van der Waals surface area contributed by atoms with Gasteiger partial charge >= 0.3 is 6.09 Å². The van der Waals surface area contributed by atoms with Crippen LogP contribution in [0.5, 0.6) is 5.75 Å². The zero-order valence-corrected chi connectivity index (χ0v) is 14.4. The molecule has 0 saturated carbocycles. The van der Waals surface area contributed by atoms with Crippen molar-refractivity contribution in [2.75, 3.05) is 17.7 Å². The Morgan fingerprint density at radius 1 is 1.33 bits per heavy atom. The number of aryl methyl sites for hydroxylation is 1.